The first-order valence-corrected chi connectivity index (χ1v) is 11.1. The van der Waals surface area contributed by atoms with Gasteiger partial charge in [-0.15, -0.1) is 10.2 Å². The number of nitrogens with zero attached hydrogens (tertiary/aromatic N) is 3. The zero-order chi connectivity index (χ0) is 21.5. The Balaban J connectivity index is 1.44. The van der Waals surface area contributed by atoms with E-state index in [0.717, 1.165) is 16.7 Å². The van der Waals surface area contributed by atoms with E-state index >= 15 is 0 Å². The molecule has 3 aromatic carbocycles. The molecule has 0 spiro atoms. The third-order valence-corrected chi connectivity index (χ3v) is 5.84. The molecule has 1 aromatic heterocycles. The topological polar surface area (TPSA) is 58.1 Å². The van der Waals surface area contributed by atoms with Gasteiger partial charge in [-0.1, -0.05) is 102 Å². The summed E-state index contributed by atoms with van der Waals surface area (Å²) < 4.78 is 0. The molecule has 0 aliphatic rings. The molecule has 0 fully saturated rings. The largest absolute Gasteiger partial charge is 0.299 e. The van der Waals surface area contributed by atoms with E-state index in [1.54, 1.807) is 0 Å². The summed E-state index contributed by atoms with van der Waals surface area (Å²) in [6, 6.07) is 27.7. The Labute approximate surface area is 190 Å². The SMILES string of the molecule is O=C(CN(Cc1ccccc1)Cc1ccccc1)Nc1nnc(-c2ccccc2Cl)s1. The lowest BCUT2D eigenvalue weighted by molar-refractivity contribution is -0.117. The number of carbonyl (C=O) groups excluding carboxylic acids is 1. The van der Waals surface area contributed by atoms with Crippen LogP contribution in [0.2, 0.25) is 5.02 Å². The Morgan fingerprint density at radius 3 is 2.03 bits per heavy atom. The molecule has 0 aliphatic heterocycles. The molecule has 5 nitrogen and oxygen atoms in total. The molecule has 0 saturated heterocycles. The number of halogens is 1. The summed E-state index contributed by atoms with van der Waals surface area (Å²) >= 11 is 7.55. The van der Waals surface area contributed by atoms with Gasteiger partial charge in [0.25, 0.3) is 0 Å². The zero-order valence-electron chi connectivity index (χ0n) is 16.7. The molecule has 1 heterocycles. The third-order valence-electron chi connectivity index (χ3n) is 4.64. The van der Waals surface area contributed by atoms with Crippen LogP contribution in [0.5, 0.6) is 0 Å². The van der Waals surface area contributed by atoms with Crippen LogP contribution in [0.25, 0.3) is 10.6 Å². The van der Waals surface area contributed by atoms with E-state index in [-0.39, 0.29) is 12.5 Å². The lowest BCUT2D eigenvalue weighted by Crippen LogP contribution is -2.32. The van der Waals surface area contributed by atoms with Gasteiger partial charge in [-0.05, 0) is 17.2 Å². The first-order valence-electron chi connectivity index (χ1n) is 9.86. The van der Waals surface area contributed by atoms with Gasteiger partial charge in [-0.2, -0.15) is 0 Å². The van der Waals surface area contributed by atoms with Gasteiger partial charge in [0.05, 0.1) is 11.6 Å². The highest BCUT2D eigenvalue weighted by Gasteiger charge is 2.15. The van der Waals surface area contributed by atoms with E-state index in [1.807, 2.05) is 60.7 Å². The second kappa shape index (κ2) is 10.3. The van der Waals surface area contributed by atoms with Crippen molar-refractivity contribution in [2.24, 2.45) is 0 Å². The second-order valence-electron chi connectivity index (χ2n) is 7.06. The van der Waals surface area contributed by atoms with Crippen LogP contribution in [0.3, 0.4) is 0 Å². The fraction of sp³-hybridized carbons (Fsp3) is 0.125. The number of hydrogen-bond donors (Lipinski definition) is 1. The van der Waals surface area contributed by atoms with Crippen LogP contribution in [-0.4, -0.2) is 27.5 Å². The summed E-state index contributed by atoms with van der Waals surface area (Å²) in [5.74, 6) is -0.131. The van der Waals surface area contributed by atoms with Crippen molar-refractivity contribution in [1.29, 1.82) is 0 Å². The van der Waals surface area contributed by atoms with Gasteiger partial charge in [0, 0.05) is 18.7 Å². The summed E-state index contributed by atoms with van der Waals surface area (Å²) in [6.45, 7) is 1.58. The smallest absolute Gasteiger partial charge is 0.240 e. The molecule has 0 radical (unpaired) electrons. The Hall–Kier alpha value is -3.06. The number of anilines is 1. The standard InChI is InChI=1S/C24H21ClN4OS/c25-21-14-8-7-13-20(21)23-27-28-24(31-23)26-22(30)17-29(15-18-9-3-1-4-10-18)16-19-11-5-2-6-12-19/h1-14H,15-17H2,(H,26,28,30). The Morgan fingerprint density at radius 1 is 0.839 bits per heavy atom. The van der Waals surface area contributed by atoms with Gasteiger partial charge in [-0.3, -0.25) is 15.0 Å². The average molecular weight is 449 g/mol. The first-order chi connectivity index (χ1) is 15.2. The van der Waals surface area contributed by atoms with E-state index in [1.165, 1.54) is 11.3 Å². The third kappa shape index (κ3) is 5.98. The maximum atomic E-state index is 12.8. The Kier molecular flexibility index (Phi) is 7.04. The second-order valence-corrected chi connectivity index (χ2v) is 8.44. The normalized spacial score (nSPS) is 10.9. The predicted molar refractivity (Wildman–Crippen MR) is 126 cm³/mol. The zero-order valence-corrected chi connectivity index (χ0v) is 18.3. The maximum Gasteiger partial charge on any atom is 0.240 e. The van der Waals surface area contributed by atoms with E-state index in [0.29, 0.717) is 28.3 Å². The number of hydrogen-bond acceptors (Lipinski definition) is 5. The fourth-order valence-electron chi connectivity index (χ4n) is 3.23. The van der Waals surface area contributed by atoms with Crippen LogP contribution in [0.1, 0.15) is 11.1 Å². The van der Waals surface area contributed by atoms with Gasteiger partial charge in [0.1, 0.15) is 0 Å². The Bertz CT molecular complexity index is 1090. The van der Waals surface area contributed by atoms with Crippen LogP contribution in [0.15, 0.2) is 84.9 Å². The monoisotopic (exact) mass is 448 g/mol. The van der Waals surface area contributed by atoms with E-state index in [2.05, 4.69) is 44.7 Å². The minimum absolute atomic E-state index is 0.131. The maximum absolute atomic E-state index is 12.8. The summed E-state index contributed by atoms with van der Waals surface area (Å²) in [6.07, 6.45) is 0. The van der Waals surface area contributed by atoms with Gasteiger partial charge in [0.2, 0.25) is 11.0 Å². The quantitative estimate of drug-likeness (QED) is 0.386. The van der Waals surface area contributed by atoms with Gasteiger partial charge >= 0.3 is 0 Å². The minimum atomic E-state index is -0.131. The predicted octanol–water partition coefficient (Wildman–Crippen LogP) is 5.50. The summed E-state index contributed by atoms with van der Waals surface area (Å²) in [7, 11) is 0. The molecular weight excluding hydrogens is 428 g/mol. The van der Waals surface area contributed by atoms with Gasteiger partial charge in [-0.25, -0.2) is 0 Å². The molecule has 4 rings (SSSR count). The lowest BCUT2D eigenvalue weighted by atomic mass is 10.1. The molecular formula is C24H21ClN4OS. The van der Waals surface area contributed by atoms with Crippen molar-refractivity contribution in [1.82, 2.24) is 15.1 Å². The van der Waals surface area contributed by atoms with E-state index in [9.17, 15) is 4.79 Å². The average Bonchev–Trinajstić information content (AvgIpc) is 3.23. The summed E-state index contributed by atoms with van der Waals surface area (Å²) in [4.78, 5) is 14.9. The molecule has 4 aromatic rings. The Morgan fingerprint density at radius 2 is 1.42 bits per heavy atom. The van der Waals surface area contributed by atoms with Crippen LogP contribution in [0.4, 0.5) is 5.13 Å². The van der Waals surface area contributed by atoms with Crippen LogP contribution >= 0.6 is 22.9 Å². The summed E-state index contributed by atoms with van der Waals surface area (Å²) in [5.41, 5.74) is 3.11. The molecule has 1 N–H and O–H groups in total. The van der Waals surface area contributed by atoms with Crippen molar-refractivity contribution in [3.63, 3.8) is 0 Å². The van der Waals surface area contributed by atoms with Crippen LogP contribution in [-0.2, 0) is 17.9 Å². The minimum Gasteiger partial charge on any atom is -0.299 e. The molecule has 0 atom stereocenters. The number of amides is 1. The molecule has 1 amide bonds. The highest BCUT2D eigenvalue weighted by molar-refractivity contribution is 7.18. The van der Waals surface area contributed by atoms with Gasteiger partial charge < -0.3 is 0 Å². The highest BCUT2D eigenvalue weighted by Crippen LogP contribution is 2.31. The van der Waals surface area contributed by atoms with Crippen molar-refractivity contribution in [3.05, 3.63) is 101 Å². The molecule has 0 saturated carbocycles. The van der Waals surface area contributed by atoms with Crippen molar-refractivity contribution in [2.45, 2.75) is 13.1 Å². The first kappa shape index (κ1) is 21.2. The lowest BCUT2D eigenvalue weighted by Gasteiger charge is -2.21. The summed E-state index contributed by atoms with van der Waals surface area (Å²) in [5, 5.41) is 12.9. The highest BCUT2D eigenvalue weighted by atomic mass is 35.5. The van der Waals surface area contributed by atoms with E-state index in [4.69, 9.17) is 11.6 Å². The molecule has 7 heteroatoms. The molecule has 156 valence electrons. The molecule has 0 unspecified atom stereocenters. The number of nitrogens with one attached hydrogen (secondary N) is 1. The van der Waals surface area contributed by atoms with Crippen molar-refractivity contribution in [3.8, 4) is 10.6 Å². The van der Waals surface area contributed by atoms with Crippen molar-refractivity contribution < 1.29 is 4.79 Å². The van der Waals surface area contributed by atoms with Crippen molar-refractivity contribution >= 4 is 34.0 Å². The number of carbonyl (C=O) groups is 1. The van der Waals surface area contributed by atoms with Gasteiger partial charge in [0.15, 0.2) is 5.01 Å². The number of aromatic nitrogens is 2. The number of benzene rings is 3. The van der Waals surface area contributed by atoms with Crippen molar-refractivity contribution in [2.75, 3.05) is 11.9 Å². The fourth-order valence-corrected chi connectivity index (χ4v) is 4.31. The molecule has 0 bridgehead atoms. The molecule has 0 aliphatic carbocycles. The number of rotatable bonds is 8. The molecule has 31 heavy (non-hydrogen) atoms. The van der Waals surface area contributed by atoms with E-state index < -0.39 is 0 Å². The van der Waals surface area contributed by atoms with Crippen LogP contribution in [0, 0.1) is 0 Å². The van der Waals surface area contributed by atoms with Crippen LogP contribution < -0.4 is 5.32 Å².